The van der Waals surface area contributed by atoms with Crippen LogP contribution in [0.15, 0.2) is 47.3 Å². The van der Waals surface area contributed by atoms with E-state index in [2.05, 4.69) is 15.5 Å². The molecule has 1 aromatic heterocycles. The molecule has 4 atom stereocenters. The maximum Gasteiger partial charge on any atom is 0.264 e. The van der Waals surface area contributed by atoms with E-state index in [9.17, 15) is 19.5 Å². The normalized spacial score (nSPS) is 27.3. The number of nitrogens with one attached hydrogen (secondary N) is 2. The Morgan fingerprint density at radius 1 is 1.27 bits per heavy atom. The average molecular weight is 410 g/mol. The number of nitrogens with zero attached hydrogens (tertiary/aromatic N) is 2. The quantitative estimate of drug-likeness (QED) is 0.639. The summed E-state index contributed by atoms with van der Waals surface area (Å²) in [6.07, 6.45) is 0.0394. The van der Waals surface area contributed by atoms with Crippen LogP contribution in [0, 0.1) is 11.3 Å². The van der Waals surface area contributed by atoms with E-state index in [1.165, 1.54) is 13.0 Å². The van der Waals surface area contributed by atoms with Gasteiger partial charge in [-0.1, -0.05) is 30.3 Å². The molecule has 2 amide bonds. The highest BCUT2D eigenvalue weighted by Gasteiger charge is 2.71. The SMILES string of the molecule is CC(=O)NC[C@@H]1[C@@H](c2ccccc2)[C@]12CN(C(=O)CCc1ccc(=O)[nH]n1)C[C@@H]2O. The molecule has 1 aromatic carbocycles. The zero-order valence-electron chi connectivity index (χ0n) is 16.9. The number of H-pyrrole nitrogens is 1. The second kappa shape index (κ2) is 8.02. The number of carbonyl (C=O) groups is 2. The zero-order valence-corrected chi connectivity index (χ0v) is 16.9. The summed E-state index contributed by atoms with van der Waals surface area (Å²) >= 11 is 0. The number of hydrogen-bond donors (Lipinski definition) is 3. The molecule has 2 aliphatic rings. The number of β-amino-alcohol motifs (C(OH)–C–C–N with tert-alkyl or cyclic N) is 1. The van der Waals surface area contributed by atoms with E-state index in [1.807, 2.05) is 30.3 Å². The second-order valence-corrected chi connectivity index (χ2v) is 8.25. The molecule has 1 aliphatic heterocycles. The van der Waals surface area contributed by atoms with Gasteiger partial charge in [0.2, 0.25) is 11.8 Å². The van der Waals surface area contributed by atoms with Crippen LogP contribution in [0.25, 0.3) is 0 Å². The standard InChI is InChI=1S/C22H26N4O4/c1-14(27)23-11-17-21(15-5-3-2-4-6-15)22(17)13-26(12-18(22)28)20(30)10-8-16-7-9-19(29)25-24-16/h2-7,9,17-18,21,28H,8,10-13H2,1H3,(H,23,27)(H,25,29)/t17-,18+,21-,22-/m1/s1. The van der Waals surface area contributed by atoms with Gasteiger partial charge in [-0.2, -0.15) is 5.10 Å². The lowest BCUT2D eigenvalue weighted by Gasteiger charge is -2.17. The molecule has 0 radical (unpaired) electrons. The molecule has 3 N–H and O–H groups in total. The number of aliphatic hydroxyl groups excluding tert-OH is 1. The van der Waals surface area contributed by atoms with Crippen LogP contribution < -0.4 is 10.9 Å². The predicted molar refractivity (Wildman–Crippen MR) is 110 cm³/mol. The Labute approximate surface area is 174 Å². The number of aromatic amines is 1. The molecule has 4 rings (SSSR count). The van der Waals surface area contributed by atoms with Gasteiger partial charge in [-0.15, -0.1) is 0 Å². The molecule has 8 heteroatoms. The predicted octanol–water partition coefficient (Wildman–Crippen LogP) is 0.442. The molecule has 2 heterocycles. The van der Waals surface area contributed by atoms with Gasteiger partial charge in [-0.05, 0) is 23.5 Å². The number of aliphatic hydroxyl groups is 1. The van der Waals surface area contributed by atoms with E-state index in [0.29, 0.717) is 25.2 Å². The maximum atomic E-state index is 12.8. The Hall–Kier alpha value is -3.00. The van der Waals surface area contributed by atoms with Crippen LogP contribution in [-0.4, -0.2) is 57.8 Å². The summed E-state index contributed by atoms with van der Waals surface area (Å²) < 4.78 is 0. The van der Waals surface area contributed by atoms with Crippen molar-refractivity contribution in [3.05, 3.63) is 64.1 Å². The van der Waals surface area contributed by atoms with Gasteiger partial charge in [0.25, 0.3) is 5.56 Å². The molecule has 30 heavy (non-hydrogen) atoms. The third-order valence-corrected chi connectivity index (χ3v) is 6.46. The number of hydrogen-bond acceptors (Lipinski definition) is 5. The summed E-state index contributed by atoms with van der Waals surface area (Å²) in [6.45, 7) is 2.72. The first-order valence-corrected chi connectivity index (χ1v) is 10.2. The number of aryl methyl sites for hydroxylation is 1. The lowest BCUT2D eigenvalue weighted by Crippen LogP contribution is -2.30. The largest absolute Gasteiger partial charge is 0.391 e. The van der Waals surface area contributed by atoms with E-state index in [0.717, 1.165) is 5.56 Å². The first kappa shape index (κ1) is 20.3. The summed E-state index contributed by atoms with van der Waals surface area (Å²) in [6, 6.07) is 13.0. The Balaban J connectivity index is 1.46. The van der Waals surface area contributed by atoms with Gasteiger partial charge in [0, 0.05) is 50.9 Å². The van der Waals surface area contributed by atoms with E-state index in [1.54, 1.807) is 11.0 Å². The van der Waals surface area contributed by atoms with Gasteiger partial charge in [0.1, 0.15) is 0 Å². The van der Waals surface area contributed by atoms with Crippen molar-refractivity contribution in [3.8, 4) is 0 Å². The first-order chi connectivity index (χ1) is 14.4. The summed E-state index contributed by atoms with van der Waals surface area (Å²) in [7, 11) is 0. The lowest BCUT2D eigenvalue weighted by molar-refractivity contribution is -0.130. The van der Waals surface area contributed by atoms with Crippen molar-refractivity contribution in [1.29, 1.82) is 0 Å². The van der Waals surface area contributed by atoms with Crippen LogP contribution in [0.4, 0.5) is 0 Å². The Kier molecular flexibility index (Phi) is 5.42. The summed E-state index contributed by atoms with van der Waals surface area (Å²) in [5.74, 6) is 0.0327. The minimum absolute atomic E-state index is 0.0455. The van der Waals surface area contributed by atoms with Gasteiger partial charge in [-0.3, -0.25) is 14.4 Å². The van der Waals surface area contributed by atoms with Crippen LogP contribution in [0.3, 0.4) is 0 Å². The summed E-state index contributed by atoms with van der Waals surface area (Å²) in [5, 5.41) is 20.2. The fraction of sp³-hybridized carbons (Fsp3) is 0.455. The number of carbonyl (C=O) groups excluding carboxylic acids is 2. The van der Waals surface area contributed by atoms with Gasteiger partial charge >= 0.3 is 0 Å². The first-order valence-electron chi connectivity index (χ1n) is 10.2. The van der Waals surface area contributed by atoms with Crippen molar-refractivity contribution < 1.29 is 14.7 Å². The second-order valence-electron chi connectivity index (χ2n) is 8.25. The van der Waals surface area contributed by atoms with E-state index < -0.39 is 11.5 Å². The monoisotopic (exact) mass is 410 g/mol. The molecular formula is C22H26N4O4. The molecule has 1 aliphatic carbocycles. The summed E-state index contributed by atoms with van der Waals surface area (Å²) in [5.41, 5.74) is 1.06. The van der Waals surface area contributed by atoms with Gasteiger partial charge < -0.3 is 15.3 Å². The molecule has 1 saturated heterocycles. The third-order valence-electron chi connectivity index (χ3n) is 6.46. The Morgan fingerprint density at radius 2 is 2.03 bits per heavy atom. The molecule has 158 valence electrons. The zero-order chi connectivity index (χ0) is 21.3. The smallest absolute Gasteiger partial charge is 0.264 e. The van der Waals surface area contributed by atoms with Crippen molar-refractivity contribution in [2.24, 2.45) is 11.3 Å². The number of rotatable bonds is 6. The van der Waals surface area contributed by atoms with Crippen LogP contribution in [0.5, 0.6) is 0 Å². The van der Waals surface area contributed by atoms with Crippen LogP contribution in [0.2, 0.25) is 0 Å². The van der Waals surface area contributed by atoms with Crippen molar-refractivity contribution in [2.75, 3.05) is 19.6 Å². The maximum absolute atomic E-state index is 12.8. The topological polar surface area (TPSA) is 115 Å². The van der Waals surface area contributed by atoms with Crippen LogP contribution in [-0.2, 0) is 16.0 Å². The number of amides is 2. The molecule has 2 aromatic rings. The molecule has 8 nitrogen and oxygen atoms in total. The van der Waals surface area contributed by atoms with Crippen molar-refractivity contribution in [2.45, 2.75) is 31.8 Å². The molecule has 0 bridgehead atoms. The fourth-order valence-corrected chi connectivity index (χ4v) is 4.95. The molecule has 0 unspecified atom stereocenters. The van der Waals surface area contributed by atoms with Crippen molar-refractivity contribution >= 4 is 11.8 Å². The minimum Gasteiger partial charge on any atom is -0.391 e. The van der Waals surface area contributed by atoms with Crippen molar-refractivity contribution in [1.82, 2.24) is 20.4 Å². The third kappa shape index (κ3) is 3.75. The van der Waals surface area contributed by atoms with Gasteiger partial charge in [0.15, 0.2) is 0 Å². The van der Waals surface area contributed by atoms with Crippen LogP contribution >= 0.6 is 0 Å². The molecule has 1 spiro atoms. The number of likely N-dealkylation sites (tertiary alicyclic amines) is 1. The Morgan fingerprint density at radius 3 is 2.70 bits per heavy atom. The van der Waals surface area contributed by atoms with Crippen molar-refractivity contribution in [3.63, 3.8) is 0 Å². The van der Waals surface area contributed by atoms with Gasteiger partial charge in [0.05, 0.1) is 11.8 Å². The lowest BCUT2D eigenvalue weighted by atomic mass is 9.95. The highest BCUT2D eigenvalue weighted by molar-refractivity contribution is 5.77. The Bertz CT molecular complexity index is 972. The van der Waals surface area contributed by atoms with Gasteiger partial charge in [-0.25, -0.2) is 5.10 Å². The highest BCUT2D eigenvalue weighted by Crippen LogP contribution is 2.68. The minimum atomic E-state index is -0.642. The highest BCUT2D eigenvalue weighted by atomic mass is 16.3. The number of benzene rings is 1. The molecular weight excluding hydrogens is 384 g/mol. The van der Waals surface area contributed by atoms with E-state index in [4.69, 9.17) is 0 Å². The summed E-state index contributed by atoms with van der Waals surface area (Å²) in [4.78, 5) is 37.1. The van der Waals surface area contributed by atoms with E-state index >= 15 is 0 Å². The number of aromatic nitrogens is 2. The average Bonchev–Trinajstić information content (AvgIpc) is 3.26. The fourth-order valence-electron chi connectivity index (χ4n) is 4.95. The molecule has 2 fully saturated rings. The molecule has 1 saturated carbocycles. The van der Waals surface area contributed by atoms with E-state index in [-0.39, 0.29) is 42.2 Å². The van der Waals surface area contributed by atoms with Crippen LogP contribution in [0.1, 0.15) is 30.5 Å².